The van der Waals surface area contributed by atoms with Crippen molar-refractivity contribution in [2.45, 2.75) is 45.2 Å². The predicted octanol–water partition coefficient (Wildman–Crippen LogP) is 4.56. The van der Waals surface area contributed by atoms with E-state index in [2.05, 4.69) is 23.3 Å². The monoisotopic (exact) mass is 288 g/mol. The van der Waals surface area contributed by atoms with Crippen LogP contribution in [0, 0.1) is 5.92 Å². The highest BCUT2D eigenvalue weighted by Gasteiger charge is 2.20. The van der Waals surface area contributed by atoms with Crippen LogP contribution in [0.3, 0.4) is 0 Å². The van der Waals surface area contributed by atoms with E-state index in [0.29, 0.717) is 6.04 Å². The van der Waals surface area contributed by atoms with Crippen LogP contribution in [0.5, 0.6) is 0 Å². The standard InChI is InChI=1S/C17H21ClN2/c1-12-5-2-3-7-16(12)20-11-13-8-9-15(18)14-6-4-10-19-17(13)14/h4,6,8-10,12,16,20H,2-3,5,7,11H2,1H3. The molecule has 2 aromatic rings. The Morgan fingerprint density at radius 3 is 2.95 bits per heavy atom. The van der Waals surface area contributed by atoms with Gasteiger partial charge in [-0.15, -0.1) is 0 Å². The fraction of sp³-hybridized carbons (Fsp3) is 0.471. The van der Waals surface area contributed by atoms with Crippen LogP contribution in [0.2, 0.25) is 5.02 Å². The second-order valence-electron chi connectivity index (χ2n) is 5.86. The average Bonchev–Trinajstić information content (AvgIpc) is 2.48. The molecule has 0 aliphatic heterocycles. The van der Waals surface area contributed by atoms with Gasteiger partial charge in [-0.3, -0.25) is 4.98 Å². The summed E-state index contributed by atoms with van der Waals surface area (Å²) in [6.07, 6.45) is 7.20. The number of benzene rings is 1. The summed E-state index contributed by atoms with van der Waals surface area (Å²) in [4.78, 5) is 4.50. The lowest BCUT2D eigenvalue weighted by Crippen LogP contribution is -2.36. The number of rotatable bonds is 3. The molecule has 1 aliphatic carbocycles. The van der Waals surface area contributed by atoms with Crippen LogP contribution in [0.4, 0.5) is 0 Å². The van der Waals surface area contributed by atoms with Crippen LogP contribution in [0.1, 0.15) is 38.2 Å². The van der Waals surface area contributed by atoms with E-state index in [-0.39, 0.29) is 0 Å². The van der Waals surface area contributed by atoms with Gasteiger partial charge in [0.2, 0.25) is 0 Å². The summed E-state index contributed by atoms with van der Waals surface area (Å²) >= 11 is 6.24. The van der Waals surface area contributed by atoms with Crippen molar-refractivity contribution < 1.29 is 0 Å². The molecule has 1 N–H and O–H groups in total. The van der Waals surface area contributed by atoms with E-state index < -0.39 is 0 Å². The minimum atomic E-state index is 0.637. The highest BCUT2D eigenvalue weighted by Crippen LogP contribution is 2.27. The van der Waals surface area contributed by atoms with Crippen molar-refractivity contribution in [1.82, 2.24) is 10.3 Å². The molecule has 1 fully saturated rings. The van der Waals surface area contributed by atoms with Crippen LogP contribution in [-0.2, 0) is 6.54 Å². The van der Waals surface area contributed by atoms with Crippen molar-refractivity contribution in [3.8, 4) is 0 Å². The molecule has 1 aromatic heterocycles. The lowest BCUT2D eigenvalue weighted by atomic mass is 9.86. The molecule has 3 rings (SSSR count). The van der Waals surface area contributed by atoms with Gasteiger partial charge in [-0.25, -0.2) is 0 Å². The van der Waals surface area contributed by atoms with Crippen LogP contribution in [0.15, 0.2) is 30.5 Å². The summed E-state index contributed by atoms with van der Waals surface area (Å²) < 4.78 is 0. The van der Waals surface area contributed by atoms with Gasteiger partial charge in [-0.2, -0.15) is 0 Å². The smallest absolute Gasteiger partial charge is 0.0761 e. The number of fused-ring (bicyclic) bond motifs is 1. The molecular formula is C17H21ClN2. The van der Waals surface area contributed by atoms with E-state index in [4.69, 9.17) is 11.6 Å². The molecule has 2 unspecified atom stereocenters. The molecule has 0 spiro atoms. The van der Waals surface area contributed by atoms with Gasteiger partial charge in [0.05, 0.1) is 5.52 Å². The Kier molecular flexibility index (Phi) is 4.23. The summed E-state index contributed by atoms with van der Waals surface area (Å²) in [6, 6.07) is 8.69. The third-order valence-corrected chi connectivity index (χ3v) is 4.80. The second kappa shape index (κ2) is 6.11. The maximum atomic E-state index is 6.24. The van der Waals surface area contributed by atoms with Crippen molar-refractivity contribution >= 4 is 22.5 Å². The average molecular weight is 289 g/mol. The van der Waals surface area contributed by atoms with Crippen LogP contribution < -0.4 is 5.32 Å². The molecule has 1 heterocycles. The molecule has 3 heteroatoms. The zero-order valence-corrected chi connectivity index (χ0v) is 12.7. The van der Waals surface area contributed by atoms with Gasteiger partial charge >= 0.3 is 0 Å². The van der Waals surface area contributed by atoms with Gasteiger partial charge in [0, 0.05) is 29.2 Å². The van der Waals surface area contributed by atoms with E-state index in [9.17, 15) is 0 Å². The Morgan fingerprint density at radius 2 is 2.10 bits per heavy atom. The summed E-state index contributed by atoms with van der Waals surface area (Å²) in [5, 5.41) is 5.54. The fourth-order valence-electron chi connectivity index (χ4n) is 3.20. The zero-order chi connectivity index (χ0) is 13.9. The molecule has 2 atom stereocenters. The normalized spacial score (nSPS) is 23.1. The van der Waals surface area contributed by atoms with Gasteiger partial charge in [0.25, 0.3) is 0 Å². The minimum Gasteiger partial charge on any atom is -0.310 e. The maximum absolute atomic E-state index is 6.24. The first-order chi connectivity index (χ1) is 9.75. The number of hydrogen-bond acceptors (Lipinski definition) is 2. The molecule has 0 saturated heterocycles. The molecule has 0 radical (unpaired) electrons. The molecule has 0 amide bonds. The first kappa shape index (κ1) is 13.8. The molecule has 1 aromatic carbocycles. The lowest BCUT2D eigenvalue weighted by Gasteiger charge is -2.29. The van der Waals surface area contributed by atoms with E-state index >= 15 is 0 Å². The van der Waals surface area contributed by atoms with Crippen molar-refractivity contribution in [2.75, 3.05) is 0 Å². The van der Waals surface area contributed by atoms with Gasteiger partial charge in [0.1, 0.15) is 0 Å². The van der Waals surface area contributed by atoms with Crippen molar-refractivity contribution in [3.05, 3.63) is 41.0 Å². The lowest BCUT2D eigenvalue weighted by molar-refractivity contribution is 0.279. The first-order valence-electron chi connectivity index (χ1n) is 7.51. The van der Waals surface area contributed by atoms with E-state index in [1.807, 2.05) is 24.4 Å². The SMILES string of the molecule is CC1CCCCC1NCc1ccc(Cl)c2cccnc12. The summed E-state index contributed by atoms with van der Waals surface area (Å²) in [7, 11) is 0. The fourth-order valence-corrected chi connectivity index (χ4v) is 3.42. The van der Waals surface area contributed by atoms with Gasteiger partial charge in [-0.05, 0) is 42.5 Å². The molecule has 106 valence electrons. The van der Waals surface area contributed by atoms with Crippen molar-refractivity contribution in [1.29, 1.82) is 0 Å². The Hall–Kier alpha value is -1.12. The summed E-state index contributed by atoms with van der Waals surface area (Å²) in [6.45, 7) is 3.23. The minimum absolute atomic E-state index is 0.637. The Bertz CT molecular complexity index is 597. The number of nitrogens with one attached hydrogen (secondary N) is 1. The predicted molar refractivity (Wildman–Crippen MR) is 85.0 cm³/mol. The Labute approximate surface area is 125 Å². The highest BCUT2D eigenvalue weighted by atomic mass is 35.5. The molecule has 2 nitrogen and oxygen atoms in total. The number of aromatic nitrogens is 1. The number of pyridine rings is 1. The molecule has 0 bridgehead atoms. The molecular weight excluding hydrogens is 268 g/mol. The Balaban J connectivity index is 1.79. The molecule has 20 heavy (non-hydrogen) atoms. The van der Waals surface area contributed by atoms with Gasteiger partial charge < -0.3 is 5.32 Å². The second-order valence-corrected chi connectivity index (χ2v) is 6.26. The van der Waals surface area contributed by atoms with Crippen LogP contribution in [-0.4, -0.2) is 11.0 Å². The summed E-state index contributed by atoms with van der Waals surface area (Å²) in [5.41, 5.74) is 2.26. The number of halogens is 1. The molecule has 1 saturated carbocycles. The van der Waals surface area contributed by atoms with Gasteiger partial charge in [0.15, 0.2) is 0 Å². The van der Waals surface area contributed by atoms with Crippen LogP contribution >= 0.6 is 11.6 Å². The van der Waals surface area contributed by atoms with E-state index in [0.717, 1.165) is 28.4 Å². The topological polar surface area (TPSA) is 24.9 Å². The third kappa shape index (κ3) is 2.82. The van der Waals surface area contributed by atoms with Gasteiger partial charge in [-0.1, -0.05) is 37.4 Å². The third-order valence-electron chi connectivity index (χ3n) is 4.47. The highest BCUT2D eigenvalue weighted by molar-refractivity contribution is 6.35. The summed E-state index contributed by atoms with van der Waals surface area (Å²) in [5.74, 6) is 0.773. The zero-order valence-electron chi connectivity index (χ0n) is 11.9. The first-order valence-corrected chi connectivity index (χ1v) is 7.89. The number of hydrogen-bond donors (Lipinski definition) is 1. The van der Waals surface area contributed by atoms with Crippen molar-refractivity contribution in [2.24, 2.45) is 5.92 Å². The maximum Gasteiger partial charge on any atom is 0.0761 e. The number of nitrogens with zero attached hydrogens (tertiary/aromatic N) is 1. The molecule has 1 aliphatic rings. The van der Waals surface area contributed by atoms with Crippen molar-refractivity contribution in [3.63, 3.8) is 0 Å². The quantitative estimate of drug-likeness (QED) is 0.896. The van der Waals surface area contributed by atoms with Crippen LogP contribution in [0.25, 0.3) is 10.9 Å². The van der Waals surface area contributed by atoms with E-state index in [1.165, 1.54) is 31.2 Å². The largest absolute Gasteiger partial charge is 0.310 e. The van der Waals surface area contributed by atoms with E-state index in [1.54, 1.807) is 0 Å². The Morgan fingerprint density at radius 1 is 1.25 bits per heavy atom.